The summed E-state index contributed by atoms with van der Waals surface area (Å²) in [5, 5.41) is 0. The van der Waals surface area contributed by atoms with Gasteiger partial charge in [-0.05, 0) is 31.0 Å². The van der Waals surface area contributed by atoms with Crippen molar-refractivity contribution in [1.29, 1.82) is 0 Å². The van der Waals surface area contributed by atoms with Gasteiger partial charge in [0.25, 0.3) is 0 Å². The van der Waals surface area contributed by atoms with E-state index in [0.29, 0.717) is 0 Å². The molecular weight excluding hydrogens is 386 g/mol. The standard InChI is InChI=1S/C12H12F7N.H3O4P/c1-6-3-8(4-11(15,16)10(13)14)9(7(2)20-6)5-12(17,18)19;1-5(2,3)4/h3,10H,4-5H2,1-2H3;(H3,1,2,3,4). The maximum atomic E-state index is 13.1. The van der Waals surface area contributed by atoms with Crippen LogP contribution in [0.25, 0.3) is 0 Å². The van der Waals surface area contributed by atoms with E-state index in [1.165, 1.54) is 13.8 Å². The molecule has 1 aromatic heterocycles. The van der Waals surface area contributed by atoms with Gasteiger partial charge in [-0.3, -0.25) is 4.98 Å². The third-order valence-corrected chi connectivity index (χ3v) is 2.67. The fourth-order valence-corrected chi connectivity index (χ4v) is 1.87. The summed E-state index contributed by atoms with van der Waals surface area (Å²) in [5.41, 5.74) is -0.795. The number of hydrogen-bond donors (Lipinski definition) is 3. The molecule has 0 radical (unpaired) electrons. The lowest BCUT2D eigenvalue weighted by atomic mass is 9.97. The van der Waals surface area contributed by atoms with E-state index in [2.05, 4.69) is 4.98 Å². The van der Waals surface area contributed by atoms with Crippen molar-refractivity contribution in [2.24, 2.45) is 0 Å². The van der Waals surface area contributed by atoms with Crippen LogP contribution in [0.3, 0.4) is 0 Å². The zero-order valence-electron chi connectivity index (χ0n) is 12.9. The molecule has 0 aliphatic heterocycles. The van der Waals surface area contributed by atoms with E-state index in [1.54, 1.807) is 0 Å². The Kier molecular flexibility index (Phi) is 8.02. The van der Waals surface area contributed by atoms with Crippen molar-refractivity contribution < 1.29 is 50.0 Å². The van der Waals surface area contributed by atoms with Gasteiger partial charge in [0, 0.05) is 17.8 Å². The van der Waals surface area contributed by atoms with E-state index in [4.69, 9.17) is 19.2 Å². The maximum absolute atomic E-state index is 13.1. The summed E-state index contributed by atoms with van der Waals surface area (Å²) < 4.78 is 96.6. The molecule has 13 heteroatoms. The van der Waals surface area contributed by atoms with Crippen molar-refractivity contribution in [1.82, 2.24) is 4.98 Å². The number of hydrogen-bond acceptors (Lipinski definition) is 2. The zero-order valence-corrected chi connectivity index (χ0v) is 13.8. The first-order valence-electron chi connectivity index (χ1n) is 6.39. The van der Waals surface area contributed by atoms with Gasteiger partial charge in [-0.25, -0.2) is 13.3 Å². The highest BCUT2D eigenvalue weighted by molar-refractivity contribution is 7.45. The molecule has 0 fully saturated rings. The average molecular weight is 401 g/mol. The largest absolute Gasteiger partial charge is 0.466 e. The highest BCUT2D eigenvalue weighted by Crippen LogP contribution is 2.32. The number of rotatable bonds is 4. The molecule has 0 spiro atoms. The second-order valence-corrected chi connectivity index (χ2v) is 6.06. The van der Waals surface area contributed by atoms with E-state index in [-0.39, 0.29) is 11.4 Å². The molecule has 1 heterocycles. The predicted octanol–water partition coefficient (Wildman–Crippen LogP) is 3.32. The Bertz CT molecular complexity index is 622. The molecule has 1 rings (SSSR count). The van der Waals surface area contributed by atoms with Crippen molar-refractivity contribution in [3.63, 3.8) is 0 Å². The maximum Gasteiger partial charge on any atom is 0.466 e. The van der Waals surface area contributed by atoms with Crippen molar-refractivity contribution in [2.75, 3.05) is 0 Å². The number of alkyl halides is 7. The van der Waals surface area contributed by atoms with Crippen LogP contribution in [0.1, 0.15) is 22.5 Å². The van der Waals surface area contributed by atoms with Gasteiger partial charge < -0.3 is 14.7 Å². The molecule has 146 valence electrons. The summed E-state index contributed by atoms with van der Waals surface area (Å²) in [6, 6.07) is 0.990. The number of phosphoric acid groups is 1. The van der Waals surface area contributed by atoms with Crippen LogP contribution in [-0.4, -0.2) is 38.2 Å². The molecule has 25 heavy (non-hydrogen) atoms. The average Bonchev–Trinajstić information content (AvgIpc) is 2.29. The monoisotopic (exact) mass is 401 g/mol. The Hall–Kier alpha value is -1.23. The first kappa shape index (κ1) is 23.8. The molecule has 3 N–H and O–H groups in total. The first-order chi connectivity index (χ1) is 10.9. The lowest BCUT2D eigenvalue weighted by Gasteiger charge is -2.20. The lowest BCUT2D eigenvalue weighted by molar-refractivity contribution is -0.131. The smallest absolute Gasteiger partial charge is 0.303 e. The molecule has 5 nitrogen and oxygen atoms in total. The minimum atomic E-state index is -4.64. The van der Waals surface area contributed by atoms with E-state index in [1.807, 2.05) is 0 Å². The lowest BCUT2D eigenvalue weighted by Crippen LogP contribution is -2.30. The molecule has 0 saturated heterocycles. The predicted molar refractivity (Wildman–Crippen MR) is 72.4 cm³/mol. The Labute approximate surface area is 137 Å². The molecule has 0 aromatic carbocycles. The van der Waals surface area contributed by atoms with E-state index < -0.39 is 50.3 Å². The number of pyridine rings is 1. The topological polar surface area (TPSA) is 90.7 Å². The number of nitrogens with zero attached hydrogens (tertiary/aromatic N) is 1. The van der Waals surface area contributed by atoms with Crippen LogP contribution < -0.4 is 0 Å². The van der Waals surface area contributed by atoms with Gasteiger partial charge in [0.15, 0.2) is 0 Å². The number of aromatic nitrogens is 1. The molecule has 0 aliphatic carbocycles. The summed E-state index contributed by atoms with van der Waals surface area (Å²) in [5.74, 6) is -4.37. The van der Waals surface area contributed by atoms with Gasteiger partial charge >= 0.3 is 26.3 Å². The van der Waals surface area contributed by atoms with Crippen molar-refractivity contribution >= 4 is 7.82 Å². The summed E-state index contributed by atoms with van der Waals surface area (Å²) in [4.78, 5) is 25.3. The van der Waals surface area contributed by atoms with Crippen LogP contribution in [0.15, 0.2) is 6.07 Å². The third-order valence-electron chi connectivity index (χ3n) is 2.67. The van der Waals surface area contributed by atoms with Gasteiger partial charge in [-0.1, -0.05) is 0 Å². The van der Waals surface area contributed by atoms with Gasteiger partial charge in [0.1, 0.15) is 0 Å². The molecule has 0 saturated carbocycles. The van der Waals surface area contributed by atoms with Crippen LogP contribution >= 0.6 is 7.82 Å². The Morgan fingerprint density at radius 2 is 1.52 bits per heavy atom. The Morgan fingerprint density at radius 3 is 1.88 bits per heavy atom. The van der Waals surface area contributed by atoms with Gasteiger partial charge in [0.2, 0.25) is 0 Å². The minimum absolute atomic E-state index is 0.0811. The van der Waals surface area contributed by atoms with E-state index >= 15 is 0 Å². The number of halogens is 7. The highest BCUT2D eigenvalue weighted by Gasteiger charge is 2.42. The van der Waals surface area contributed by atoms with Crippen molar-refractivity contribution in [2.45, 2.75) is 45.2 Å². The Morgan fingerprint density at radius 1 is 1.08 bits per heavy atom. The van der Waals surface area contributed by atoms with Crippen molar-refractivity contribution in [3.8, 4) is 0 Å². The van der Waals surface area contributed by atoms with E-state index in [9.17, 15) is 30.7 Å². The van der Waals surface area contributed by atoms with Gasteiger partial charge in [-0.15, -0.1) is 0 Å². The van der Waals surface area contributed by atoms with E-state index in [0.717, 1.165) is 6.07 Å². The highest BCUT2D eigenvalue weighted by atomic mass is 31.2. The van der Waals surface area contributed by atoms with Crippen LogP contribution in [0.5, 0.6) is 0 Å². The van der Waals surface area contributed by atoms with Gasteiger partial charge in [0.05, 0.1) is 6.42 Å². The zero-order chi connectivity index (χ0) is 20.2. The molecular formula is C12H15F7NO4P. The molecule has 0 bridgehead atoms. The molecule has 0 amide bonds. The third kappa shape index (κ3) is 10.4. The number of aryl methyl sites for hydroxylation is 2. The Balaban J connectivity index is 0.00000101. The quantitative estimate of drug-likeness (QED) is 0.532. The summed E-state index contributed by atoms with van der Waals surface area (Å²) in [6.07, 6.45) is -11.5. The van der Waals surface area contributed by atoms with Crippen LogP contribution in [0.4, 0.5) is 30.7 Å². The second-order valence-electron chi connectivity index (χ2n) is 5.03. The first-order valence-corrected chi connectivity index (χ1v) is 7.96. The van der Waals surface area contributed by atoms with Crippen LogP contribution in [0, 0.1) is 13.8 Å². The SMILES string of the molecule is Cc1cc(CC(F)(F)C(F)F)c(CC(F)(F)F)c(C)n1.O=P(O)(O)O. The molecule has 0 atom stereocenters. The van der Waals surface area contributed by atoms with Crippen LogP contribution in [-0.2, 0) is 17.4 Å². The molecule has 0 unspecified atom stereocenters. The molecule has 0 aliphatic rings. The fraction of sp³-hybridized carbons (Fsp3) is 0.583. The van der Waals surface area contributed by atoms with Crippen LogP contribution in [0.2, 0.25) is 0 Å². The normalized spacial score (nSPS) is 12.8. The fourth-order valence-electron chi connectivity index (χ4n) is 1.87. The van der Waals surface area contributed by atoms with Gasteiger partial charge in [-0.2, -0.15) is 22.0 Å². The molecule has 1 aromatic rings. The van der Waals surface area contributed by atoms with Crippen molar-refractivity contribution in [3.05, 3.63) is 28.6 Å². The summed E-state index contributed by atoms with van der Waals surface area (Å²) in [7, 11) is -4.64. The second kappa shape index (κ2) is 8.43. The minimum Gasteiger partial charge on any atom is -0.303 e. The summed E-state index contributed by atoms with van der Waals surface area (Å²) in [6.45, 7) is 2.63. The summed E-state index contributed by atoms with van der Waals surface area (Å²) >= 11 is 0.